The van der Waals surface area contributed by atoms with Crippen LogP contribution < -0.4 is 20.5 Å². The molecule has 0 radical (unpaired) electrons. The third-order valence-corrected chi connectivity index (χ3v) is 8.77. The Morgan fingerprint density at radius 3 is 2.59 bits per heavy atom. The molecule has 1 aromatic carbocycles. The molecule has 0 unspecified atom stereocenters. The highest BCUT2D eigenvalue weighted by Gasteiger charge is 2.29. The van der Waals surface area contributed by atoms with Crippen LogP contribution in [0.2, 0.25) is 0 Å². The van der Waals surface area contributed by atoms with E-state index in [9.17, 15) is 14.7 Å². The van der Waals surface area contributed by atoms with Crippen LogP contribution in [0.3, 0.4) is 0 Å². The lowest BCUT2D eigenvalue weighted by molar-refractivity contribution is -0.139. The molecule has 208 valence electrons. The number of fused-ring (bicyclic) bond motifs is 2. The highest BCUT2D eigenvalue weighted by Crippen LogP contribution is 2.42. The lowest BCUT2D eigenvalue weighted by atomic mass is 9.96. The molecule has 2 atom stereocenters. The van der Waals surface area contributed by atoms with Gasteiger partial charge < -0.3 is 35.1 Å². The van der Waals surface area contributed by atoms with Crippen molar-refractivity contribution in [2.75, 3.05) is 32.0 Å². The van der Waals surface area contributed by atoms with E-state index < -0.39 is 18.1 Å². The van der Waals surface area contributed by atoms with Gasteiger partial charge in [-0.1, -0.05) is 11.8 Å². The van der Waals surface area contributed by atoms with Crippen LogP contribution in [0.4, 0.5) is 5.82 Å². The molecule has 39 heavy (non-hydrogen) atoms. The number of hydrogen-bond donors (Lipinski definition) is 3. The molecule has 0 aliphatic carbocycles. The number of piperidine rings is 1. The number of anilines is 1. The smallest absolute Gasteiger partial charge is 0.249 e. The summed E-state index contributed by atoms with van der Waals surface area (Å²) in [5, 5.41) is 12.7. The Kier molecular flexibility index (Phi) is 8.14. The van der Waals surface area contributed by atoms with Gasteiger partial charge in [0.25, 0.3) is 0 Å². The summed E-state index contributed by atoms with van der Waals surface area (Å²) in [7, 11) is 0. The molecule has 0 saturated carbocycles. The largest absolute Gasteiger partial charge is 0.486 e. The average Bonchev–Trinajstić information content (AvgIpc) is 3.27. The molecule has 3 aromatic rings. The number of likely N-dealkylation sites (tertiary alicyclic amines) is 1. The number of nitrogens with one attached hydrogen (secondary N) is 1. The maximum atomic E-state index is 12.8. The quantitative estimate of drug-likeness (QED) is 0.358. The van der Waals surface area contributed by atoms with E-state index in [-0.39, 0.29) is 11.8 Å². The number of hydrogen-bond acceptors (Lipinski definition) is 10. The number of benzene rings is 1. The van der Waals surface area contributed by atoms with E-state index in [2.05, 4.69) is 35.8 Å². The fourth-order valence-corrected chi connectivity index (χ4v) is 6.15. The van der Waals surface area contributed by atoms with Gasteiger partial charge in [-0.15, -0.1) is 0 Å². The summed E-state index contributed by atoms with van der Waals surface area (Å²) in [4.78, 5) is 40.7. The van der Waals surface area contributed by atoms with Gasteiger partial charge in [0.1, 0.15) is 31.7 Å². The molecule has 2 amide bonds. The Bertz CT molecular complexity index is 1390. The van der Waals surface area contributed by atoms with Crippen LogP contribution in [0.1, 0.15) is 26.7 Å². The maximum absolute atomic E-state index is 12.8. The van der Waals surface area contributed by atoms with Crippen molar-refractivity contribution in [1.82, 2.24) is 29.7 Å². The van der Waals surface area contributed by atoms with Crippen molar-refractivity contribution in [3.05, 3.63) is 22.9 Å². The summed E-state index contributed by atoms with van der Waals surface area (Å²) >= 11 is 5.12. The van der Waals surface area contributed by atoms with Crippen LogP contribution in [0.25, 0.3) is 11.2 Å². The zero-order valence-electron chi connectivity index (χ0n) is 21.6. The first-order valence-corrected chi connectivity index (χ1v) is 14.3. The van der Waals surface area contributed by atoms with Gasteiger partial charge in [0, 0.05) is 29.0 Å². The van der Waals surface area contributed by atoms with Crippen LogP contribution in [0.15, 0.2) is 33.0 Å². The number of amides is 2. The van der Waals surface area contributed by atoms with Gasteiger partial charge in [-0.3, -0.25) is 9.59 Å². The zero-order valence-corrected chi connectivity index (χ0v) is 24.0. The number of aliphatic hydroxyl groups is 1. The standard InChI is InChI=1S/C25H30BrN7O5S/c1-13(30-23(35)14(2)34)24(36)32-5-3-15(4-6-32)11-33-22-20(21(27)28-12-29-22)31-25(33)39-19-10-18-17(9-16(19)26)37-7-8-38-18/h9-10,12-15,34H,3-8,11H2,1-2H3,(H,30,35)(H2,27,28,29)/t13-,14-/m0/s1. The first-order chi connectivity index (χ1) is 18.7. The predicted octanol–water partition coefficient (Wildman–Crippen LogP) is 2.22. The van der Waals surface area contributed by atoms with E-state index >= 15 is 0 Å². The van der Waals surface area contributed by atoms with Crippen LogP contribution in [0.5, 0.6) is 11.5 Å². The zero-order chi connectivity index (χ0) is 27.7. The molecule has 2 aliphatic rings. The van der Waals surface area contributed by atoms with Crippen molar-refractivity contribution < 1.29 is 24.2 Å². The van der Waals surface area contributed by atoms with Gasteiger partial charge in [0.2, 0.25) is 11.8 Å². The highest BCUT2D eigenvalue weighted by atomic mass is 79.9. The summed E-state index contributed by atoms with van der Waals surface area (Å²) in [6.07, 6.45) is 1.83. The molecule has 12 nitrogen and oxygen atoms in total. The molecule has 0 spiro atoms. The Balaban J connectivity index is 1.32. The number of carbonyl (C=O) groups excluding carboxylic acids is 2. The average molecular weight is 621 g/mol. The summed E-state index contributed by atoms with van der Waals surface area (Å²) in [5.41, 5.74) is 7.35. The van der Waals surface area contributed by atoms with E-state index in [0.717, 1.165) is 27.4 Å². The fraction of sp³-hybridized carbons (Fsp3) is 0.480. The van der Waals surface area contributed by atoms with Crippen LogP contribution in [-0.2, 0) is 16.1 Å². The number of imidazole rings is 1. The number of carbonyl (C=O) groups is 2. The molecule has 0 bridgehead atoms. The van der Waals surface area contributed by atoms with Crippen molar-refractivity contribution in [3.63, 3.8) is 0 Å². The third kappa shape index (κ3) is 5.92. The molecular weight excluding hydrogens is 590 g/mol. The summed E-state index contributed by atoms with van der Waals surface area (Å²) in [6, 6.07) is 3.13. The monoisotopic (exact) mass is 619 g/mol. The SMILES string of the molecule is C[C@H](O)C(=O)N[C@@H](C)C(=O)N1CCC(Cn2c(Sc3cc4c(cc3Br)OCCO4)nc3c(N)ncnc32)CC1. The molecule has 14 heteroatoms. The van der Waals surface area contributed by atoms with Crippen molar-refractivity contribution in [3.8, 4) is 11.5 Å². The second-order valence-corrected chi connectivity index (χ2v) is 11.5. The van der Waals surface area contributed by atoms with Crippen molar-refractivity contribution in [2.45, 2.75) is 55.4 Å². The fourth-order valence-electron chi connectivity index (χ4n) is 4.66. The first kappa shape index (κ1) is 27.5. The van der Waals surface area contributed by atoms with Gasteiger partial charge in [-0.25, -0.2) is 15.0 Å². The molecule has 4 heterocycles. The van der Waals surface area contributed by atoms with E-state index in [1.54, 1.807) is 11.8 Å². The van der Waals surface area contributed by atoms with E-state index in [0.29, 0.717) is 61.3 Å². The van der Waals surface area contributed by atoms with Gasteiger partial charge in [0.05, 0.1) is 0 Å². The second kappa shape index (κ2) is 11.6. The summed E-state index contributed by atoms with van der Waals surface area (Å²) in [5.74, 6) is 1.25. The second-order valence-electron chi connectivity index (χ2n) is 9.64. The maximum Gasteiger partial charge on any atom is 0.249 e. The van der Waals surface area contributed by atoms with Crippen LogP contribution in [-0.4, -0.2) is 79.8 Å². The number of nitrogens with zero attached hydrogens (tertiary/aromatic N) is 5. The number of aromatic nitrogens is 4. The first-order valence-electron chi connectivity index (χ1n) is 12.7. The van der Waals surface area contributed by atoms with Gasteiger partial charge in [-0.05, 0) is 60.7 Å². The minimum atomic E-state index is -1.16. The van der Waals surface area contributed by atoms with Crippen molar-refractivity contribution in [2.24, 2.45) is 5.92 Å². The number of ether oxygens (including phenoxy) is 2. The summed E-state index contributed by atoms with van der Waals surface area (Å²) < 4.78 is 14.4. The topological polar surface area (TPSA) is 158 Å². The van der Waals surface area contributed by atoms with Crippen LogP contribution >= 0.6 is 27.7 Å². The number of nitrogens with two attached hydrogens (primary N) is 1. The van der Waals surface area contributed by atoms with Crippen molar-refractivity contribution in [1.29, 1.82) is 0 Å². The van der Waals surface area contributed by atoms with E-state index in [1.807, 2.05) is 12.1 Å². The van der Waals surface area contributed by atoms with Crippen molar-refractivity contribution >= 4 is 56.5 Å². The van der Waals surface area contributed by atoms with Gasteiger partial charge in [-0.2, -0.15) is 0 Å². The Morgan fingerprint density at radius 1 is 1.21 bits per heavy atom. The molecule has 5 rings (SSSR count). The number of nitrogen functional groups attached to an aromatic ring is 1. The number of halogens is 1. The molecule has 1 fully saturated rings. The van der Waals surface area contributed by atoms with Gasteiger partial charge >= 0.3 is 0 Å². The highest BCUT2D eigenvalue weighted by molar-refractivity contribution is 9.10. The Morgan fingerprint density at radius 2 is 1.90 bits per heavy atom. The number of rotatable bonds is 7. The molecule has 2 aliphatic heterocycles. The molecule has 1 saturated heterocycles. The Labute approximate surface area is 237 Å². The lowest BCUT2D eigenvalue weighted by Crippen LogP contribution is -2.51. The Hall–Kier alpha value is -3.10. The molecule has 2 aromatic heterocycles. The van der Waals surface area contributed by atoms with E-state index in [4.69, 9.17) is 20.2 Å². The third-order valence-electron chi connectivity index (χ3n) is 6.80. The minimum absolute atomic E-state index is 0.157. The van der Waals surface area contributed by atoms with E-state index in [1.165, 1.54) is 25.0 Å². The minimum Gasteiger partial charge on any atom is -0.486 e. The molecule has 4 N–H and O–H groups in total. The predicted molar refractivity (Wildman–Crippen MR) is 148 cm³/mol. The number of aliphatic hydroxyl groups excluding tert-OH is 1. The lowest BCUT2D eigenvalue weighted by Gasteiger charge is -2.34. The van der Waals surface area contributed by atoms with Gasteiger partial charge in [0.15, 0.2) is 33.6 Å². The van der Waals surface area contributed by atoms with Crippen LogP contribution in [0, 0.1) is 5.92 Å². The summed E-state index contributed by atoms with van der Waals surface area (Å²) in [6.45, 7) is 5.80. The normalized spacial score (nSPS) is 17.2. The molecular formula is C25H30BrN7O5S.